The molecule has 2 heteroatoms. The molecule has 0 aliphatic heterocycles. The number of thiophene rings is 1. The van der Waals surface area contributed by atoms with Gasteiger partial charge in [-0.05, 0) is 36.1 Å². The zero-order valence-corrected chi connectivity index (χ0v) is 10.1. The molecule has 1 nitrogen and oxygen atoms in total. The average molecular weight is 207 g/mol. The lowest BCUT2D eigenvalue weighted by Gasteiger charge is -2.22. The Morgan fingerprint density at radius 3 is 2.57 bits per heavy atom. The third kappa shape index (κ3) is 2.13. The van der Waals surface area contributed by atoms with Crippen molar-refractivity contribution in [1.29, 1.82) is 0 Å². The molecule has 0 unspecified atom stereocenters. The fourth-order valence-electron chi connectivity index (χ4n) is 1.53. The molecule has 0 amide bonds. The van der Waals surface area contributed by atoms with Crippen LogP contribution in [0.4, 0.5) is 5.69 Å². The van der Waals surface area contributed by atoms with E-state index in [9.17, 15) is 0 Å². The molecular formula is C12H17NS. The molecule has 0 N–H and O–H groups in total. The van der Waals surface area contributed by atoms with Gasteiger partial charge in [-0.25, -0.2) is 0 Å². The van der Waals surface area contributed by atoms with Gasteiger partial charge in [-0.1, -0.05) is 26.8 Å². The van der Waals surface area contributed by atoms with Crippen molar-refractivity contribution < 1.29 is 0 Å². The highest BCUT2D eigenvalue weighted by Gasteiger charge is 2.20. The Balaban J connectivity index is 3.21. The van der Waals surface area contributed by atoms with E-state index < -0.39 is 0 Å². The van der Waals surface area contributed by atoms with E-state index in [1.807, 2.05) is 6.07 Å². The first-order valence-corrected chi connectivity index (χ1v) is 5.60. The summed E-state index contributed by atoms with van der Waals surface area (Å²) in [4.78, 5) is 5.28. The summed E-state index contributed by atoms with van der Waals surface area (Å²) in [6.45, 7) is 12.3. The Kier molecular flexibility index (Phi) is 3.27. The fourth-order valence-corrected chi connectivity index (χ4v) is 2.67. The van der Waals surface area contributed by atoms with Crippen LogP contribution < -0.4 is 0 Å². The van der Waals surface area contributed by atoms with Crippen LogP contribution in [0.5, 0.6) is 0 Å². The molecule has 1 aromatic heterocycles. The van der Waals surface area contributed by atoms with Crippen molar-refractivity contribution in [3.05, 3.63) is 22.4 Å². The van der Waals surface area contributed by atoms with Gasteiger partial charge in [-0.3, -0.25) is 4.99 Å². The Bertz CT molecular complexity index is 353. The predicted molar refractivity (Wildman–Crippen MR) is 66.6 cm³/mol. The van der Waals surface area contributed by atoms with Gasteiger partial charge in [-0.15, -0.1) is 11.3 Å². The summed E-state index contributed by atoms with van der Waals surface area (Å²) in [7, 11) is 0. The van der Waals surface area contributed by atoms with Crippen molar-refractivity contribution in [2.24, 2.45) is 10.4 Å². The highest BCUT2D eigenvalue weighted by Crippen LogP contribution is 2.41. The second-order valence-electron chi connectivity index (χ2n) is 4.25. The maximum atomic E-state index is 4.03. The fraction of sp³-hybridized carbons (Fsp3) is 0.417. The molecular weight excluding hydrogens is 190 g/mol. The lowest BCUT2D eigenvalue weighted by atomic mass is 9.85. The normalized spacial score (nSPS) is 13.0. The molecule has 1 rings (SSSR count). The molecule has 0 bridgehead atoms. The number of hydrogen-bond donors (Lipinski definition) is 0. The van der Waals surface area contributed by atoms with Crippen molar-refractivity contribution in [3.63, 3.8) is 0 Å². The highest BCUT2D eigenvalue weighted by atomic mass is 32.1. The number of nitrogens with zero attached hydrogens (tertiary/aromatic N) is 1. The Morgan fingerprint density at radius 1 is 1.50 bits per heavy atom. The molecule has 1 heterocycles. The molecule has 0 fully saturated rings. The molecule has 0 spiro atoms. The summed E-state index contributed by atoms with van der Waals surface area (Å²) >= 11 is 1.73. The van der Waals surface area contributed by atoms with Gasteiger partial charge >= 0.3 is 0 Å². The van der Waals surface area contributed by atoms with Gasteiger partial charge in [0.25, 0.3) is 0 Å². The van der Waals surface area contributed by atoms with E-state index in [1.165, 1.54) is 10.5 Å². The summed E-state index contributed by atoms with van der Waals surface area (Å²) < 4.78 is 0. The molecule has 0 aliphatic rings. The smallest absolute Gasteiger partial charge is 0.0805 e. The van der Waals surface area contributed by atoms with Crippen LogP contribution in [0.2, 0.25) is 0 Å². The van der Waals surface area contributed by atoms with E-state index in [0.29, 0.717) is 0 Å². The first-order valence-electron chi connectivity index (χ1n) is 4.72. The lowest BCUT2D eigenvalue weighted by molar-refractivity contribution is 0.568. The van der Waals surface area contributed by atoms with Crippen LogP contribution in [0.15, 0.2) is 22.5 Å². The quantitative estimate of drug-likeness (QED) is 0.632. The predicted octanol–water partition coefficient (Wildman–Crippen LogP) is 4.53. The zero-order valence-electron chi connectivity index (χ0n) is 9.29. The summed E-state index contributed by atoms with van der Waals surface area (Å²) in [5.41, 5.74) is 2.51. The van der Waals surface area contributed by atoms with Crippen LogP contribution in [-0.4, -0.2) is 6.72 Å². The molecule has 0 aliphatic carbocycles. The largest absolute Gasteiger partial charge is 0.263 e. The molecule has 0 atom stereocenters. The van der Waals surface area contributed by atoms with E-state index in [-0.39, 0.29) is 5.41 Å². The van der Waals surface area contributed by atoms with Crippen LogP contribution in [0, 0.1) is 5.41 Å². The third-order valence-electron chi connectivity index (χ3n) is 2.16. The van der Waals surface area contributed by atoms with Gasteiger partial charge < -0.3 is 0 Å². The maximum absolute atomic E-state index is 4.03. The SMILES string of the molecule is C=Nc1ccsc1/C(=C\C)C(C)(C)C. The van der Waals surface area contributed by atoms with Crippen molar-refractivity contribution in [1.82, 2.24) is 0 Å². The van der Waals surface area contributed by atoms with Gasteiger partial charge in [-0.2, -0.15) is 0 Å². The minimum atomic E-state index is 0.166. The van der Waals surface area contributed by atoms with Crippen LogP contribution >= 0.6 is 11.3 Å². The first kappa shape index (κ1) is 11.2. The summed E-state index contributed by atoms with van der Waals surface area (Å²) in [6, 6.07) is 2.02. The van der Waals surface area contributed by atoms with Gasteiger partial charge in [0.1, 0.15) is 0 Å². The Hall–Kier alpha value is -0.890. The van der Waals surface area contributed by atoms with Gasteiger partial charge in [0, 0.05) is 0 Å². The van der Waals surface area contributed by atoms with Crippen molar-refractivity contribution in [2.75, 3.05) is 0 Å². The van der Waals surface area contributed by atoms with E-state index >= 15 is 0 Å². The third-order valence-corrected chi connectivity index (χ3v) is 3.09. The summed E-state index contributed by atoms with van der Waals surface area (Å²) in [5.74, 6) is 0. The molecule has 0 saturated carbocycles. The molecule has 0 saturated heterocycles. The summed E-state index contributed by atoms with van der Waals surface area (Å²) in [5, 5.41) is 2.06. The van der Waals surface area contributed by atoms with E-state index in [2.05, 4.69) is 50.9 Å². The van der Waals surface area contributed by atoms with Gasteiger partial charge in [0.2, 0.25) is 0 Å². The lowest BCUT2D eigenvalue weighted by Crippen LogP contribution is -2.07. The van der Waals surface area contributed by atoms with Crippen LogP contribution in [0.25, 0.3) is 5.57 Å². The molecule has 76 valence electrons. The van der Waals surface area contributed by atoms with Crippen molar-refractivity contribution >= 4 is 29.3 Å². The van der Waals surface area contributed by atoms with E-state index in [4.69, 9.17) is 0 Å². The Labute approximate surface area is 90.2 Å². The number of hydrogen-bond acceptors (Lipinski definition) is 2. The zero-order chi connectivity index (χ0) is 10.8. The average Bonchev–Trinajstić information content (AvgIpc) is 2.51. The standard InChI is InChI=1S/C12H17NS/c1-6-9(12(2,3)4)11-10(13-5)7-8-14-11/h6-8H,5H2,1-4H3/b9-6+. The van der Waals surface area contributed by atoms with Gasteiger partial charge in [0.05, 0.1) is 10.6 Å². The van der Waals surface area contributed by atoms with E-state index in [1.54, 1.807) is 11.3 Å². The van der Waals surface area contributed by atoms with Gasteiger partial charge in [0.15, 0.2) is 0 Å². The Morgan fingerprint density at radius 2 is 2.14 bits per heavy atom. The second-order valence-corrected chi connectivity index (χ2v) is 5.16. The maximum Gasteiger partial charge on any atom is 0.0805 e. The van der Waals surface area contributed by atoms with Crippen LogP contribution in [0.1, 0.15) is 32.6 Å². The monoisotopic (exact) mass is 207 g/mol. The van der Waals surface area contributed by atoms with Crippen molar-refractivity contribution in [2.45, 2.75) is 27.7 Å². The molecule has 14 heavy (non-hydrogen) atoms. The van der Waals surface area contributed by atoms with Crippen LogP contribution in [0.3, 0.4) is 0 Å². The summed E-state index contributed by atoms with van der Waals surface area (Å²) in [6.07, 6.45) is 2.17. The van der Waals surface area contributed by atoms with Crippen LogP contribution in [-0.2, 0) is 0 Å². The molecule has 0 aromatic carbocycles. The molecule has 1 aromatic rings. The first-order chi connectivity index (χ1) is 6.50. The van der Waals surface area contributed by atoms with E-state index in [0.717, 1.165) is 5.69 Å². The van der Waals surface area contributed by atoms with Crippen molar-refractivity contribution in [3.8, 4) is 0 Å². The minimum absolute atomic E-state index is 0.166. The number of allylic oxidation sites excluding steroid dienone is 2. The second kappa shape index (κ2) is 4.09. The topological polar surface area (TPSA) is 12.4 Å². The number of aliphatic imine (C=N–C) groups is 1. The molecule has 0 radical (unpaired) electrons. The number of rotatable bonds is 2. The highest BCUT2D eigenvalue weighted by molar-refractivity contribution is 7.11. The minimum Gasteiger partial charge on any atom is -0.263 e.